The normalized spacial score (nSPS) is 11.3. The van der Waals surface area contributed by atoms with E-state index < -0.39 is 20.3 Å². The Morgan fingerprint density at radius 1 is 1.00 bits per heavy atom. The molecule has 12 heteroatoms. The average molecular weight is 441 g/mol. The number of halogens is 1. The Balaban J connectivity index is 0.000000537. The van der Waals surface area contributed by atoms with Crippen LogP contribution in [-0.2, 0) is 10.0 Å². The quantitative estimate of drug-likeness (QED) is 0.410. The summed E-state index contributed by atoms with van der Waals surface area (Å²) in [4.78, 5) is 0.176. The Kier molecular flexibility index (Phi) is 7.08. The largest absolute Gasteiger partial charge is 0.397 e. The molecular formula is C17H17ClN4O6S. The Morgan fingerprint density at radius 2 is 1.55 bits per heavy atom. The summed E-state index contributed by atoms with van der Waals surface area (Å²) in [6.07, 6.45) is 1.47. The van der Waals surface area contributed by atoms with Gasteiger partial charge < -0.3 is 5.73 Å². The van der Waals surface area contributed by atoms with Crippen molar-refractivity contribution in [2.24, 2.45) is 0 Å². The van der Waals surface area contributed by atoms with Gasteiger partial charge in [0, 0.05) is 0 Å². The third kappa shape index (κ3) is 7.27. The number of nitrogen functional groups attached to an aromatic ring is 1. The summed E-state index contributed by atoms with van der Waals surface area (Å²) < 4.78 is 63.2. The average Bonchev–Trinajstić information content (AvgIpc) is 2.61. The van der Waals surface area contributed by atoms with E-state index in [1.165, 1.54) is 16.9 Å². The predicted octanol–water partition coefficient (Wildman–Crippen LogP) is -2.71. The first-order valence-corrected chi connectivity index (χ1v) is 10.6. The molecule has 3 N–H and O–H groups in total. The van der Waals surface area contributed by atoms with Crippen LogP contribution in [-0.4, -0.2) is 13.5 Å². The topological polar surface area (TPSA) is 181 Å². The van der Waals surface area contributed by atoms with Crippen molar-refractivity contribution in [1.29, 1.82) is 0 Å². The second kappa shape index (κ2) is 9.13. The van der Waals surface area contributed by atoms with Crippen LogP contribution in [0.5, 0.6) is 0 Å². The standard InChI is InChI=1S/C17H16N4O2S.ClHO4/c1-13-7-9-16(10-8-13)24(22,23)20-17-11-14(18)12-19-21(17)15-5-3-2-4-6-15;2-1(3,4)5/h2-12H,1H3,(H2,18,20);(H,2,3,4,5). The lowest BCUT2D eigenvalue weighted by atomic mass is 10.2. The molecule has 0 aliphatic heterocycles. The number of nitrogens with zero attached hydrogens (tertiary/aromatic N) is 2. The van der Waals surface area contributed by atoms with Gasteiger partial charge in [0.2, 0.25) is 0 Å². The molecule has 2 aromatic carbocycles. The molecule has 0 aliphatic carbocycles. The zero-order valence-corrected chi connectivity index (χ0v) is 16.6. The molecule has 3 aromatic rings. The highest BCUT2D eigenvalue weighted by Crippen LogP contribution is 2.16. The summed E-state index contributed by atoms with van der Waals surface area (Å²) >= 11 is 0. The zero-order chi connectivity index (χ0) is 21.7. The molecule has 3 rings (SSSR count). The number of aromatic nitrogens is 2. The van der Waals surface area contributed by atoms with Crippen molar-refractivity contribution in [3.63, 3.8) is 0 Å². The lowest BCUT2D eigenvalue weighted by molar-refractivity contribution is -2.00. The fourth-order valence-corrected chi connectivity index (χ4v) is 3.24. The summed E-state index contributed by atoms with van der Waals surface area (Å²) in [5.41, 5.74) is 7.84. The van der Waals surface area contributed by atoms with Crippen LogP contribution in [0.15, 0.2) is 71.8 Å². The highest BCUT2D eigenvalue weighted by Gasteiger charge is 2.24. The molecular weight excluding hydrogens is 424 g/mol. The van der Waals surface area contributed by atoms with Crippen LogP contribution in [0.25, 0.3) is 5.69 Å². The molecule has 0 unspecified atom stereocenters. The summed E-state index contributed by atoms with van der Waals surface area (Å²) in [6, 6.07) is 17.4. The highest BCUT2D eigenvalue weighted by atomic mass is 35.7. The molecule has 0 bridgehead atoms. The summed E-state index contributed by atoms with van der Waals surface area (Å²) in [5.74, 6) is 0.266. The van der Waals surface area contributed by atoms with Gasteiger partial charge in [-0.05, 0) is 31.2 Å². The van der Waals surface area contributed by atoms with Gasteiger partial charge in [-0.15, -0.1) is 10.2 Å². The Hall–Kier alpha value is -2.80. The minimum atomic E-state index is -4.94. The van der Waals surface area contributed by atoms with E-state index in [0.29, 0.717) is 5.69 Å². The lowest BCUT2D eigenvalue weighted by Gasteiger charge is -2.17. The fourth-order valence-electron chi connectivity index (χ4n) is 2.20. The number of aryl methyl sites for hydroxylation is 1. The number of anilines is 2. The third-order valence-electron chi connectivity index (χ3n) is 3.42. The molecule has 1 heterocycles. The molecule has 1 aromatic heterocycles. The van der Waals surface area contributed by atoms with Crippen molar-refractivity contribution in [2.45, 2.75) is 11.8 Å². The Labute approximate surface area is 169 Å². The van der Waals surface area contributed by atoms with Gasteiger partial charge in [-0.25, -0.2) is 18.6 Å². The number of benzene rings is 2. The zero-order valence-electron chi connectivity index (χ0n) is 15.1. The van der Waals surface area contributed by atoms with Gasteiger partial charge in [0.25, 0.3) is 0 Å². The Bertz CT molecular complexity index is 1050. The van der Waals surface area contributed by atoms with Crippen molar-refractivity contribution in [3.8, 4) is 5.69 Å². The van der Waals surface area contributed by atoms with Crippen LogP contribution in [0.1, 0.15) is 5.56 Å². The Morgan fingerprint density at radius 3 is 2.10 bits per heavy atom. The number of hydrogen-bond donors (Lipinski definition) is 2. The SMILES string of the molecule is Cc1ccc(S(=O)(=O)Nc2cc(N)cn[n+]2-c2ccccc2)cc1.[O-][Cl+3]([O-])([O-])[O-]. The fraction of sp³-hybridized carbons (Fsp3) is 0.0588. The number of nitrogens with two attached hydrogens (primary N) is 1. The maximum absolute atomic E-state index is 12.6. The first kappa shape index (κ1) is 22.5. The van der Waals surface area contributed by atoms with Crippen molar-refractivity contribution in [2.75, 3.05) is 10.5 Å². The minimum absolute atomic E-state index is 0.176. The number of rotatable bonds is 4. The van der Waals surface area contributed by atoms with E-state index in [4.69, 9.17) is 24.4 Å². The summed E-state index contributed by atoms with van der Waals surface area (Å²) in [7, 11) is -8.69. The molecule has 0 amide bonds. The minimum Gasteiger partial charge on any atom is -0.397 e. The van der Waals surface area contributed by atoms with E-state index in [0.717, 1.165) is 11.3 Å². The maximum Gasteiger partial charge on any atom is 0.328 e. The van der Waals surface area contributed by atoms with E-state index in [9.17, 15) is 8.42 Å². The van der Waals surface area contributed by atoms with E-state index in [-0.39, 0.29) is 10.7 Å². The summed E-state index contributed by atoms with van der Waals surface area (Å²) in [6.45, 7) is 1.90. The monoisotopic (exact) mass is 440 g/mol. The van der Waals surface area contributed by atoms with Crippen LogP contribution in [0.3, 0.4) is 0 Å². The molecule has 0 radical (unpaired) electrons. The van der Waals surface area contributed by atoms with Crippen molar-refractivity contribution in [3.05, 3.63) is 72.4 Å². The molecule has 29 heavy (non-hydrogen) atoms. The van der Waals surface area contributed by atoms with Crippen molar-refractivity contribution >= 4 is 21.5 Å². The van der Waals surface area contributed by atoms with Crippen LogP contribution < -0.4 is 33.8 Å². The lowest BCUT2D eigenvalue weighted by Crippen LogP contribution is -2.68. The van der Waals surface area contributed by atoms with Gasteiger partial charge in [-0.1, -0.05) is 45.7 Å². The van der Waals surface area contributed by atoms with Crippen molar-refractivity contribution < 1.29 is 42.0 Å². The van der Waals surface area contributed by atoms with Gasteiger partial charge in [-0.2, -0.15) is 13.1 Å². The van der Waals surface area contributed by atoms with Gasteiger partial charge in [0.15, 0.2) is 5.69 Å². The van der Waals surface area contributed by atoms with E-state index in [1.54, 1.807) is 24.3 Å². The number of hydrogen-bond acceptors (Lipinski definition) is 8. The van der Waals surface area contributed by atoms with Crippen LogP contribution in [0.4, 0.5) is 11.5 Å². The highest BCUT2D eigenvalue weighted by molar-refractivity contribution is 7.92. The van der Waals surface area contributed by atoms with Crippen molar-refractivity contribution in [1.82, 2.24) is 5.10 Å². The molecule has 154 valence electrons. The molecule has 0 saturated heterocycles. The summed E-state index contributed by atoms with van der Waals surface area (Å²) in [5, 5.41) is 4.21. The smallest absolute Gasteiger partial charge is 0.328 e. The second-order valence-corrected chi connectivity index (χ2v) is 8.16. The van der Waals surface area contributed by atoms with E-state index in [2.05, 4.69) is 9.82 Å². The van der Waals surface area contributed by atoms with Crippen LogP contribution >= 0.6 is 0 Å². The van der Waals surface area contributed by atoms with E-state index in [1.807, 2.05) is 37.3 Å². The van der Waals surface area contributed by atoms with Crippen LogP contribution in [0.2, 0.25) is 0 Å². The first-order chi connectivity index (χ1) is 13.5. The molecule has 0 atom stereocenters. The molecule has 10 nitrogen and oxygen atoms in total. The van der Waals surface area contributed by atoms with Gasteiger partial charge >= 0.3 is 15.8 Å². The van der Waals surface area contributed by atoms with Gasteiger partial charge in [0.05, 0.1) is 18.0 Å². The predicted molar refractivity (Wildman–Crippen MR) is 92.2 cm³/mol. The van der Waals surface area contributed by atoms with E-state index >= 15 is 0 Å². The number of nitrogens with one attached hydrogen (secondary N) is 1. The van der Waals surface area contributed by atoms with Gasteiger partial charge in [0.1, 0.15) is 4.90 Å². The van der Waals surface area contributed by atoms with Gasteiger partial charge in [-0.3, -0.25) is 0 Å². The third-order valence-corrected chi connectivity index (χ3v) is 4.80. The molecule has 0 saturated carbocycles. The maximum atomic E-state index is 12.6. The first-order valence-electron chi connectivity index (χ1n) is 7.90. The number of para-hydroxylation sites is 1. The van der Waals surface area contributed by atoms with Crippen LogP contribution in [0, 0.1) is 17.2 Å². The second-order valence-electron chi connectivity index (χ2n) is 5.72. The number of sulfonamides is 1. The molecule has 0 fully saturated rings. The molecule has 0 spiro atoms. The molecule has 0 aliphatic rings.